The first-order chi connectivity index (χ1) is 7.74. The number of rotatable bonds is 5. The van der Waals surface area contributed by atoms with Gasteiger partial charge >= 0.3 is 0 Å². The fourth-order valence-electron chi connectivity index (χ4n) is 1.44. The normalized spacial score (nSPS) is 19.7. The third kappa shape index (κ3) is 4.32. The van der Waals surface area contributed by atoms with Gasteiger partial charge in [0.1, 0.15) is 6.04 Å². The number of unbranched alkanes of at least 4 members (excludes halogenated alkanes) is 2. The summed E-state index contributed by atoms with van der Waals surface area (Å²) in [5.41, 5.74) is 0. The molecule has 0 aromatic carbocycles. The molecule has 1 rings (SSSR count). The lowest BCUT2D eigenvalue weighted by molar-refractivity contribution is -0.126. The van der Waals surface area contributed by atoms with Crippen LogP contribution in [-0.2, 0) is 9.59 Å². The molecule has 1 atom stereocenters. The Balaban J connectivity index is 2.11. The lowest BCUT2D eigenvalue weighted by Gasteiger charge is -2.23. The van der Waals surface area contributed by atoms with Crippen LogP contribution < -0.4 is 16.0 Å². The van der Waals surface area contributed by atoms with Crippen molar-refractivity contribution in [1.29, 1.82) is 0 Å². The van der Waals surface area contributed by atoms with E-state index in [2.05, 4.69) is 21.9 Å². The molecule has 3 N–H and O–H groups in total. The topological polar surface area (TPSA) is 70.2 Å². The van der Waals surface area contributed by atoms with E-state index in [-0.39, 0.29) is 24.4 Å². The van der Waals surface area contributed by atoms with Crippen LogP contribution >= 0.6 is 0 Å². The molecule has 1 unspecified atom stereocenters. The van der Waals surface area contributed by atoms with Crippen LogP contribution in [0.5, 0.6) is 0 Å². The van der Waals surface area contributed by atoms with Crippen molar-refractivity contribution in [3.63, 3.8) is 0 Å². The van der Waals surface area contributed by atoms with Gasteiger partial charge in [0.2, 0.25) is 11.8 Å². The molecule has 1 aliphatic rings. The summed E-state index contributed by atoms with van der Waals surface area (Å²) < 4.78 is 0. The van der Waals surface area contributed by atoms with Crippen LogP contribution in [0.15, 0.2) is 0 Å². The zero-order valence-electron chi connectivity index (χ0n) is 9.21. The van der Waals surface area contributed by atoms with Gasteiger partial charge in [-0.15, -0.1) is 12.3 Å². The Morgan fingerprint density at radius 2 is 2.38 bits per heavy atom. The van der Waals surface area contributed by atoms with E-state index in [1.165, 1.54) is 0 Å². The van der Waals surface area contributed by atoms with E-state index in [9.17, 15) is 9.59 Å². The van der Waals surface area contributed by atoms with Crippen molar-refractivity contribution in [2.45, 2.75) is 25.3 Å². The largest absolute Gasteiger partial charge is 0.355 e. The molecule has 1 heterocycles. The molecule has 1 aliphatic heterocycles. The monoisotopic (exact) mass is 223 g/mol. The highest BCUT2D eigenvalue weighted by atomic mass is 16.2. The van der Waals surface area contributed by atoms with Crippen LogP contribution in [0, 0.1) is 12.3 Å². The molecule has 1 fully saturated rings. The summed E-state index contributed by atoms with van der Waals surface area (Å²) in [7, 11) is 0. The summed E-state index contributed by atoms with van der Waals surface area (Å²) >= 11 is 0. The summed E-state index contributed by atoms with van der Waals surface area (Å²) in [6, 6.07) is -0.315. The Bertz CT molecular complexity index is 286. The maximum atomic E-state index is 11.6. The van der Waals surface area contributed by atoms with Crippen molar-refractivity contribution in [1.82, 2.24) is 16.0 Å². The van der Waals surface area contributed by atoms with E-state index in [1.54, 1.807) is 0 Å². The van der Waals surface area contributed by atoms with Crippen LogP contribution in [-0.4, -0.2) is 37.5 Å². The van der Waals surface area contributed by atoms with Gasteiger partial charge in [0.25, 0.3) is 0 Å². The molecule has 0 aromatic heterocycles. The number of hydrogen-bond donors (Lipinski definition) is 3. The minimum Gasteiger partial charge on any atom is -0.355 e. The molecule has 0 bridgehead atoms. The first kappa shape index (κ1) is 12.5. The number of terminal acetylenes is 1. The average Bonchev–Trinajstić information content (AvgIpc) is 2.29. The van der Waals surface area contributed by atoms with Crippen molar-refractivity contribution in [3.8, 4) is 12.3 Å². The molecule has 0 radical (unpaired) electrons. The highest BCUT2D eigenvalue weighted by Gasteiger charge is 2.22. The first-order valence-electron chi connectivity index (χ1n) is 5.45. The van der Waals surface area contributed by atoms with Gasteiger partial charge in [-0.2, -0.15) is 0 Å². The molecular weight excluding hydrogens is 206 g/mol. The molecule has 5 nitrogen and oxygen atoms in total. The Labute approximate surface area is 95.4 Å². The number of carbonyl (C=O) groups excluding carboxylic acids is 2. The SMILES string of the molecule is C#CCCCCNC(=O)C1CNC(=O)CN1. The number of carbonyl (C=O) groups is 2. The predicted octanol–water partition coefficient (Wildman–Crippen LogP) is -1.01. The molecule has 0 saturated carbocycles. The van der Waals surface area contributed by atoms with E-state index in [0.717, 1.165) is 19.3 Å². The number of nitrogens with one attached hydrogen (secondary N) is 3. The van der Waals surface area contributed by atoms with Crippen molar-refractivity contribution < 1.29 is 9.59 Å². The minimum atomic E-state index is -0.315. The molecule has 0 spiro atoms. The van der Waals surface area contributed by atoms with Gasteiger partial charge in [0.05, 0.1) is 6.54 Å². The van der Waals surface area contributed by atoms with E-state index < -0.39 is 0 Å². The lowest BCUT2D eigenvalue weighted by Crippen LogP contribution is -2.58. The van der Waals surface area contributed by atoms with Crippen LogP contribution in [0.4, 0.5) is 0 Å². The standard InChI is InChI=1S/C11H17N3O2/c1-2-3-4-5-6-12-11(16)9-7-14-10(15)8-13-9/h1,9,13H,3-8H2,(H,12,16)(H,14,15). The fraction of sp³-hybridized carbons (Fsp3) is 0.636. The van der Waals surface area contributed by atoms with E-state index >= 15 is 0 Å². The Hall–Kier alpha value is -1.54. The maximum Gasteiger partial charge on any atom is 0.238 e. The Kier molecular flexibility index (Phi) is 5.37. The van der Waals surface area contributed by atoms with Crippen molar-refractivity contribution in [2.75, 3.05) is 19.6 Å². The molecule has 16 heavy (non-hydrogen) atoms. The second-order valence-electron chi connectivity index (χ2n) is 3.69. The average molecular weight is 223 g/mol. The molecule has 0 aromatic rings. The van der Waals surface area contributed by atoms with Gasteiger partial charge in [-0.1, -0.05) is 0 Å². The molecular formula is C11H17N3O2. The summed E-state index contributed by atoms with van der Waals surface area (Å²) in [5.74, 6) is 2.41. The van der Waals surface area contributed by atoms with Crippen LogP contribution in [0.2, 0.25) is 0 Å². The summed E-state index contributed by atoms with van der Waals surface area (Å²) in [5, 5.41) is 8.30. The maximum absolute atomic E-state index is 11.6. The van der Waals surface area contributed by atoms with Crippen molar-refractivity contribution in [3.05, 3.63) is 0 Å². The molecule has 88 valence electrons. The molecule has 1 saturated heterocycles. The smallest absolute Gasteiger partial charge is 0.238 e. The quantitative estimate of drug-likeness (QED) is 0.413. The Morgan fingerprint density at radius 1 is 1.56 bits per heavy atom. The van der Waals surface area contributed by atoms with Gasteiger partial charge in [0, 0.05) is 19.5 Å². The van der Waals surface area contributed by atoms with Gasteiger partial charge in [-0.3, -0.25) is 14.9 Å². The number of hydrogen-bond acceptors (Lipinski definition) is 3. The Morgan fingerprint density at radius 3 is 3.00 bits per heavy atom. The number of piperazine rings is 1. The van der Waals surface area contributed by atoms with E-state index in [0.29, 0.717) is 13.1 Å². The first-order valence-corrected chi connectivity index (χ1v) is 5.45. The third-order valence-electron chi connectivity index (χ3n) is 2.38. The summed E-state index contributed by atoms with van der Waals surface area (Å²) in [6.07, 6.45) is 7.66. The second kappa shape index (κ2) is 6.85. The summed E-state index contributed by atoms with van der Waals surface area (Å²) in [6.45, 7) is 1.19. The van der Waals surface area contributed by atoms with Crippen LogP contribution in [0.3, 0.4) is 0 Å². The molecule has 2 amide bonds. The summed E-state index contributed by atoms with van der Waals surface area (Å²) in [4.78, 5) is 22.4. The van der Waals surface area contributed by atoms with Crippen LogP contribution in [0.1, 0.15) is 19.3 Å². The predicted molar refractivity (Wildman–Crippen MR) is 60.5 cm³/mol. The zero-order valence-corrected chi connectivity index (χ0v) is 9.21. The van der Waals surface area contributed by atoms with Gasteiger partial charge in [-0.25, -0.2) is 0 Å². The second-order valence-corrected chi connectivity index (χ2v) is 3.69. The lowest BCUT2D eigenvalue weighted by atomic mass is 10.2. The van der Waals surface area contributed by atoms with Crippen molar-refractivity contribution >= 4 is 11.8 Å². The van der Waals surface area contributed by atoms with Crippen molar-refractivity contribution in [2.24, 2.45) is 0 Å². The molecule has 0 aliphatic carbocycles. The molecule has 5 heteroatoms. The van der Waals surface area contributed by atoms with Crippen LogP contribution in [0.25, 0.3) is 0 Å². The van der Waals surface area contributed by atoms with E-state index in [1.807, 2.05) is 0 Å². The third-order valence-corrected chi connectivity index (χ3v) is 2.38. The number of amides is 2. The zero-order chi connectivity index (χ0) is 11.8. The fourth-order valence-corrected chi connectivity index (χ4v) is 1.44. The van der Waals surface area contributed by atoms with Gasteiger partial charge in [-0.05, 0) is 12.8 Å². The van der Waals surface area contributed by atoms with E-state index in [4.69, 9.17) is 6.42 Å². The van der Waals surface area contributed by atoms with Gasteiger partial charge in [0.15, 0.2) is 0 Å². The highest BCUT2D eigenvalue weighted by Crippen LogP contribution is 1.93. The highest BCUT2D eigenvalue weighted by molar-refractivity contribution is 5.86. The minimum absolute atomic E-state index is 0.0688. The van der Waals surface area contributed by atoms with Gasteiger partial charge < -0.3 is 10.6 Å².